The van der Waals surface area contributed by atoms with Gasteiger partial charge >= 0.3 is 12.6 Å². The Balaban J connectivity index is 1.53. The molecule has 1 aliphatic rings. The summed E-state index contributed by atoms with van der Waals surface area (Å²) in [6.45, 7) is -0.301. The molecule has 2 aromatic carbocycles. The van der Waals surface area contributed by atoms with Gasteiger partial charge in [-0.25, -0.2) is 4.79 Å². The van der Waals surface area contributed by atoms with Gasteiger partial charge in [0.15, 0.2) is 11.5 Å². The zero-order valence-electron chi connectivity index (χ0n) is 16.9. The molecule has 8 heteroatoms. The molecule has 1 heterocycles. The number of hydrogen-bond acceptors (Lipinski definition) is 4. The van der Waals surface area contributed by atoms with Crippen LogP contribution in [0.3, 0.4) is 0 Å². The van der Waals surface area contributed by atoms with E-state index in [0.29, 0.717) is 41.6 Å². The molecule has 0 bridgehead atoms. The van der Waals surface area contributed by atoms with Crippen LogP contribution in [0.1, 0.15) is 34.3 Å². The molecule has 4 rings (SSSR count). The molecular formula is C23H22F2N2O4. The summed E-state index contributed by atoms with van der Waals surface area (Å²) >= 11 is 0. The van der Waals surface area contributed by atoms with Gasteiger partial charge in [0.2, 0.25) is 0 Å². The monoisotopic (exact) mass is 428 g/mol. The van der Waals surface area contributed by atoms with Crippen molar-refractivity contribution in [2.24, 2.45) is 5.92 Å². The van der Waals surface area contributed by atoms with Gasteiger partial charge in [0, 0.05) is 11.8 Å². The van der Waals surface area contributed by atoms with Gasteiger partial charge < -0.3 is 14.6 Å². The Hall–Kier alpha value is -3.42. The third kappa shape index (κ3) is 5.20. The number of aryl methyl sites for hydroxylation is 1. The second kappa shape index (κ2) is 8.75. The van der Waals surface area contributed by atoms with Crippen LogP contribution in [0, 0.1) is 12.8 Å². The number of aromatic carboxylic acids is 1. The minimum atomic E-state index is -2.92. The summed E-state index contributed by atoms with van der Waals surface area (Å²) in [4.78, 5) is 11.4. The number of nitrogens with zero attached hydrogens (tertiary/aromatic N) is 2. The molecular weight excluding hydrogens is 406 g/mol. The molecule has 1 aliphatic carbocycles. The zero-order chi connectivity index (χ0) is 22.0. The maximum absolute atomic E-state index is 12.7. The van der Waals surface area contributed by atoms with E-state index < -0.39 is 12.6 Å². The van der Waals surface area contributed by atoms with Crippen LogP contribution < -0.4 is 9.47 Å². The van der Waals surface area contributed by atoms with E-state index in [1.54, 1.807) is 48.1 Å². The van der Waals surface area contributed by atoms with Crippen molar-refractivity contribution >= 4 is 5.97 Å². The maximum Gasteiger partial charge on any atom is 0.387 e. The smallest absolute Gasteiger partial charge is 0.387 e. The molecule has 0 radical (unpaired) electrons. The summed E-state index contributed by atoms with van der Waals surface area (Å²) in [5, 5.41) is 13.8. The summed E-state index contributed by atoms with van der Waals surface area (Å²) in [5.74, 6) is -0.200. The topological polar surface area (TPSA) is 73.6 Å². The van der Waals surface area contributed by atoms with Gasteiger partial charge in [-0.15, -0.1) is 0 Å². The van der Waals surface area contributed by atoms with Crippen LogP contribution in [0.5, 0.6) is 11.5 Å². The number of rotatable bonds is 9. The summed E-state index contributed by atoms with van der Waals surface area (Å²) < 4.78 is 37.4. The van der Waals surface area contributed by atoms with Gasteiger partial charge in [-0.2, -0.15) is 13.9 Å². The van der Waals surface area contributed by atoms with E-state index in [1.165, 1.54) is 6.07 Å². The molecule has 162 valence electrons. The highest BCUT2D eigenvalue weighted by Crippen LogP contribution is 2.34. The largest absolute Gasteiger partial charge is 0.489 e. The molecule has 31 heavy (non-hydrogen) atoms. The Morgan fingerprint density at radius 1 is 1.19 bits per heavy atom. The Morgan fingerprint density at radius 2 is 2.00 bits per heavy atom. The summed E-state index contributed by atoms with van der Waals surface area (Å²) in [5.41, 5.74) is 3.08. The van der Waals surface area contributed by atoms with E-state index >= 15 is 0 Å². The lowest BCUT2D eigenvalue weighted by Crippen LogP contribution is -2.07. The minimum absolute atomic E-state index is 0.0152. The lowest BCUT2D eigenvalue weighted by atomic mass is 10.0. The molecule has 0 spiro atoms. The fourth-order valence-electron chi connectivity index (χ4n) is 3.25. The highest BCUT2D eigenvalue weighted by atomic mass is 19.3. The number of aromatic nitrogens is 2. The van der Waals surface area contributed by atoms with Crippen LogP contribution in [0.25, 0.3) is 11.3 Å². The average molecular weight is 428 g/mol. The van der Waals surface area contributed by atoms with Crippen LogP contribution in [-0.2, 0) is 6.54 Å². The highest BCUT2D eigenvalue weighted by Gasteiger charge is 2.23. The molecule has 1 aromatic heterocycles. The van der Waals surface area contributed by atoms with Crippen molar-refractivity contribution in [2.45, 2.75) is 32.9 Å². The standard InChI is InChI=1S/C23H22F2N2O4/c1-14-2-6-17(11-18(14)22(28)29)19-8-9-27(26-19)12-16-5-7-20(31-23(24)25)21(10-16)30-13-15-3-4-15/h2,5-11,15,23H,3-4,12-13H2,1H3,(H,28,29). The first kappa shape index (κ1) is 20.8. The van der Waals surface area contributed by atoms with Gasteiger partial charge in [-0.3, -0.25) is 4.68 Å². The lowest BCUT2D eigenvalue weighted by Gasteiger charge is -2.13. The number of carbonyl (C=O) groups is 1. The quantitative estimate of drug-likeness (QED) is 0.520. The number of alkyl halides is 2. The molecule has 6 nitrogen and oxygen atoms in total. The minimum Gasteiger partial charge on any atom is -0.489 e. The van der Waals surface area contributed by atoms with Crippen molar-refractivity contribution < 1.29 is 28.2 Å². The highest BCUT2D eigenvalue weighted by molar-refractivity contribution is 5.90. The molecule has 3 aromatic rings. The van der Waals surface area contributed by atoms with Crippen molar-refractivity contribution in [3.63, 3.8) is 0 Å². The lowest BCUT2D eigenvalue weighted by molar-refractivity contribution is -0.0515. The Kier molecular flexibility index (Phi) is 5.88. The first-order valence-electron chi connectivity index (χ1n) is 9.97. The Labute approximate surface area is 178 Å². The van der Waals surface area contributed by atoms with Crippen LogP contribution in [0.4, 0.5) is 8.78 Å². The van der Waals surface area contributed by atoms with E-state index in [2.05, 4.69) is 9.84 Å². The second-order valence-corrected chi connectivity index (χ2v) is 7.65. The molecule has 0 unspecified atom stereocenters. The molecule has 0 saturated heterocycles. The number of hydrogen-bond donors (Lipinski definition) is 1. The zero-order valence-corrected chi connectivity index (χ0v) is 16.9. The number of carboxylic acids is 1. The van der Waals surface area contributed by atoms with Crippen LogP contribution in [0.15, 0.2) is 48.7 Å². The Bertz CT molecular complexity index is 1090. The summed E-state index contributed by atoms with van der Waals surface area (Å²) in [6.07, 6.45) is 3.96. The van der Waals surface area contributed by atoms with Crippen LogP contribution >= 0.6 is 0 Å². The Morgan fingerprint density at radius 3 is 2.71 bits per heavy atom. The van der Waals surface area contributed by atoms with Crippen molar-refractivity contribution in [3.05, 3.63) is 65.4 Å². The molecule has 0 atom stereocenters. The average Bonchev–Trinajstić information content (AvgIpc) is 3.44. The molecule has 1 saturated carbocycles. The molecule has 0 aliphatic heterocycles. The molecule has 0 amide bonds. The van der Waals surface area contributed by atoms with Gasteiger partial charge in [0.25, 0.3) is 0 Å². The fraction of sp³-hybridized carbons (Fsp3) is 0.304. The van der Waals surface area contributed by atoms with E-state index in [4.69, 9.17) is 4.74 Å². The number of halogens is 2. The molecule has 1 N–H and O–H groups in total. The maximum atomic E-state index is 12.7. The number of benzene rings is 2. The first-order chi connectivity index (χ1) is 14.9. The second-order valence-electron chi connectivity index (χ2n) is 7.65. The van der Waals surface area contributed by atoms with E-state index in [-0.39, 0.29) is 11.3 Å². The van der Waals surface area contributed by atoms with Gasteiger partial charge in [0.1, 0.15) is 0 Å². The van der Waals surface area contributed by atoms with Gasteiger partial charge in [-0.05, 0) is 61.1 Å². The van der Waals surface area contributed by atoms with Crippen molar-refractivity contribution in [1.82, 2.24) is 9.78 Å². The summed E-state index contributed by atoms with van der Waals surface area (Å²) in [6, 6.07) is 11.8. The SMILES string of the molecule is Cc1ccc(-c2ccn(Cc3ccc(OC(F)F)c(OCC4CC4)c3)n2)cc1C(=O)O. The predicted octanol–water partition coefficient (Wildman–Crippen LogP) is 5.00. The van der Waals surface area contributed by atoms with Crippen LogP contribution in [-0.4, -0.2) is 34.1 Å². The van der Waals surface area contributed by atoms with Gasteiger partial charge in [0.05, 0.1) is 24.4 Å². The predicted molar refractivity (Wildman–Crippen MR) is 110 cm³/mol. The normalized spacial score (nSPS) is 13.4. The third-order valence-electron chi connectivity index (χ3n) is 5.14. The van der Waals surface area contributed by atoms with Gasteiger partial charge in [-0.1, -0.05) is 18.2 Å². The fourth-order valence-corrected chi connectivity index (χ4v) is 3.25. The van der Waals surface area contributed by atoms with Crippen molar-refractivity contribution in [1.29, 1.82) is 0 Å². The van der Waals surface area contributed by atoms with E-state index in [0.717, 1.165) is 18.4 Å². The van der Waals surface area contributed by atoms with E-state index in [9.17, 15) is 18.7 Å². The summed E-state index contributed by atoms with van der Waals surface area (Å²) in [7, 11) is 0. The number of ether oxygens (including phenoxy) is 2. The van der Waals surface area contributed by atoms with E-state index in [1.807, 2.05) is 6.07 Å². The first-order valence-corrected chi connectivity index (χ1v) is 9.97. The van der Waals surface area contributed by atoms with Crippen molar-refractivity contribution in [3.8, 4) is 22.8 Å². The van der Waals surface area contributed by atoms with Crippen molar-refractivity contribution in [2.75, 3.05) is 6.61 Å². The number of carboxylic acid groups (broad SMARTS) is 1. The van der Waals surface area contributed by atoms with Crippen LogP contribution in [0.2, 0.25) is 0 Å². The molecule has 1 fully saturated rings. The third-order valence-corrected chi connectivity index (χ3v) is 5.14.